The standard InChI is InChI=1S/C13H10ClF4NO4/c1-23-10-4-8(14)9(15)3-6(10)2-7(11(20)21)5-19-12(22)13(16,17)18/h2-4H,5H2,1H3,(H,19,22)(H,20,21). The maximum atomic E-state index is 13.4. The summed E-state index contributed by atoms with van der Waals surface area (Å²) in [6.07, 6.45) is -4.27. The van der Waals surface area contributed by atoms with Crippen LogP contribution in [0.2, 0.25) is 5.02 Å². The van der Waals surface area contributed by atoms with E-state index in [-0.39, 0.29) is 16.3 Å². The van der Waals surface area contributed by atoms with Gasteiger partial charge >= 0.3 is 18.1 Å². The number of methoxy groups -OCH3 is 1. The van der Waals surface area contributed by atoms with Gasteiger partial charge in [-0.2, -0.15) is 13.2 Å². The molecule has 0 saturated heterocycles. The number of rotatable bonds is 5. The minimum atomic E-state index is -5.15. The fourth-order valence-corrected chi connectivity index (χ4v) is 1.64. The van der Waals surface area contributed by atoms with Gasteiger partial charge in [0.05, 0.1) is 24.3 Å². The minimum absolute atomic E-state index is 0.0114. The van der Waals surface area contributed by atoms with Crippen molar-refractivity contribution in [2.75, 3.05) is 13.7 Å². The van der Waals surface area contributed by atoms with Gasteiger partial charge in [-0.1, -0.05) is 11.6 Å². The van der Waals surface area contributed by atoms with Gasteiger partial charge in [0.15, 0.2) is 0 Å². The number of hydrogen-bond acceptors (Lipinski definition) is 3. The Bertz CT molecular complexity index is 658. The maximum Gasteiger partial charge on any atom is 0.471 e. The molecule has 0 heterocycles. The van der Waals surface area contributed by atoms with Crippen molar-refractivity contribution in [3.05, 3.63) is 34.1 Å². The Labute approximate surface area is 132 Å². The van der Waals surface area contributed by atoms with Crippen LogP contribution >= 0.6 is 11.6 Å². The molecular weight excluding hydrogens is 346 g/mol. The van der Waals surface area contributed by atoms with Gasteiger partial charge in [0.1, 0.15) is 11.6 Å². The van der Waals surface area contributed by atoms with Crippen molar-refractivity contribution in [2.24, 2.45) is 0 Å². The largest absolute Gasteiger partial charge is 0.496 e. The molecule has 0 radical (unpaired) electrons. The first-order valence-electron chi connectivity index (χ1n) is 5.88. The van der Waals surface area contributed by atoms with Crippen molar-refractivity contribution < 1.29 is 37.0 Å². The topological polar surface area (TPSA) is 75.6 Å². The van der Waals surface area contributed by atoms with Crippen LogP contribution in [0.25, 0.3) is 6.08 Å². The van der Waals surface area contributed by atoms with Gasteiger partial charge in [0, 0.05) is 11.6 Å². The first kappa shape index (κ1) is 18.8. The summed E-state index contributed by atoms with van der Waals surface area (Å²) in [5, 5.41) is 10.1. The summed E-state index contributed by atoms with van der Waals surface area (Å²) < 4.78 is 54.6. The summed E-state index contributed by atoms with van der Waals surface area (Å²) in [5.41, 5.74) is -0.671. The molecule has 5 nitrogen and oxygen atoms in total. The normalized spacial score (nSPS) is 12.0. The molecule has 0 spiro atoms. The van der Waals surface area contributed by atoms with Gasteiger partial charge in [-0.25, -0.2) is 9.18 Å². The Morgan fingerprint density at radius 3 is 2.48 bits per heavy atom. The number of carbonyl (C=O) groups is 2. The van der Waals surface area contributed by atoms with E-state index in [1.165, 1.54) is 12.4 Å². The second-order valence-electron chi connectivity index (χ2n) is 4.16. The summed E-state index contributed by atoms with van der Waals surface area (Å²) >= 11 is 5.54. The van der Waals surface area contributed by atoms with Crippen LogP contribution in [0.4, 0.5) is 17.6 Å². The molecule has 0 aliphatic heterocycles. The van der Waals surface area contributed by atoms with E-state index in [1.54, 1.807) is 0 Å². The van der Waals surface area contributed by atoms with E-state index in [9.17, 15) is 27.2 Å². The third-order valence-corrected chi connectivity index (χ3v) is 2.86. The number of ether oxygens (including phenoxy) is 1. The van der Waals surface area contributed by atoms with Crippen LogP contribution in [0, 0.1) is 5.82 Å². The van der Waals surface area contributed by atoms with Crippen LogP contribution in [0.1, 0.15) is 5.56 Å². The lowest BCUT2D eigenvalue weighted by Crippen LogP contribution is -2.38. The van der Waals surface area contributed by atoms with Crippen molar-refractivity contribution in [3.8, 4) is 5.75 Å². The average molecular weight is 356 g/mol. The first-order chi connectivity index (χ1) is 10.6. The summed E-state index contributed by atoms with van der Waals surface area (Å²) in [6, 6.07) is 1.94. The van der Waals surface area contributed by atoms with E-state index >= 15 is 0 Å². The highest BCUT2D eigenvalue weighted by Gasteiger charge is 2.38. The van der Waals surface area contributed by atoms with Crippen LogP contribution in [-0.4, -0.2) is 36.8 Å². The molecule has 0 atom stereocenters. The number of carbonyl (C=O) groups excluding carboxylic acids is 1. The average Bonchev–Trinajstić information content (AvgIpc) is 2.44. The number of hydrogen-bond donors (Lipinski definition) is 2. The van der Waals surface area contributed by atoms with Gasteiger partial charge in [-0.15, -0.1) is 0 Å². The molecule has 0 unspecified atom stereocenters. The lowest BCUT2D eigenvalue weighted by Gasteiger charge is -2.10. The third kappa shape index (κ3) is 5.13. The molecule has 0 aliphatic carbocycles. The highest BCUT2D eigenvalue weighted by molar-refractivity contribution is 6.30. The third-order valence-electron chi connectivity index (χ3n) is 2.57. The van der Waals surface area contributed by atoms with Crippen LogP contribution in [0.5, 0.6) is 5.75 Å². The molecule has 0 aromatic heterocycles. The lowest BCUT2D eigenvalue weighted by atomic mass is 10.1. The van der Waals surface area contributed by atoms with E-state index < -0.39 is 36.0 Å². The first-order valence-corrected chi connectivity index (χ1v) is 6.26. The Morgan fingerprint density at radius 1 is 1.39 bits per heavy atom. The predicted octanol–water partition coefficient (Wildman–Crippen LogP) is 2.63. The fourth-order valence-electron chi connectivity index (χ4n) is 1.49. The Balaban J connectivity index is 3.11. The Morgan fingerprint density at radius 2 is 2.00 bits per heavy atom. The molecule has 0 aliphatic rings. The second kappa shape index (κ2) is 7.32. The van der Waals surface area contributed by atoms with Gasteiger partial charge in [-0.3, -0.25) is 4.79 Å². The molecule has 0 saturated carbocycles. The van der Waals surface area contributed by atoms with Crippen LogP contribution in [0.15, 0.2) is 17.7 Å². The van der Waals surface area contributed by atoms with Crippen molar-refractivity contribution in [1.29, 1.82) is 0 Å². The highest BCUT2D eigenvalue weighted by Crippen LogP contribution is 2.28. The molecule has 2 N–H and O–H groups in total. The fraction of sp³-hybridized carbons (Fsp3) is 0.231. The summed E-state index contributed by atoms with van der Waals surface area (Å²) in [4.78, 5) is 21.8. The molecular formula is C13H10ClF4NO4. The van der Waals surface area contributed by atoms with Crippen molar-refractivity contribution in [3.63, 3.8) is 0 Å². The van der Waals surface area contributed by atoms with Gasteiger partial charge in [0.2, 0.25) is 0 Å². The number of aliphatic carboxylic acids is 1. The summed E-state index contributed by atoms with van der Waals surface area (Å²) in [6.45, 7) is -0.916. The zero-order valence-electron chi connectivity index (χ0n) is 11.5. The SMILES string of the molecule is COc1cc(Cl)c(F)cc1C=C(CNC(=O)C(F)(F)F)C(=O)O. The van der Waals surface area contributed by atoms with Crippen LogP contribution < -0.4 is 10.1 Å². The number of nitrogens with one attached hydrogen (secondary N) is 1. The molecule has 10 heteroatoms. The Kier molecular flexibility index (Phi) is 5.97. The molecule has 1 rings (SSSR count). The summed E-state index contributed by atoms with van der Waals surface area (Å²) in [7, 11) is 1.22. The van der Waals surface area contributed by atoms with Crippen LogP contribution in [0.3, 0.4) is 0 Å². The zero-order valence-corrected chi connectivity index (χ0v) is 12.3. The van der Waals surface area contributed by atoms with E-state index in [0.29, 0.717) is 0 Å². The number of carboxylic acid groups (broad SMARTS) is 1. The number of amides is 1. The molecule has 0 fully saturated rings. The monoisotopic (exact) mass is 355 g/mol. The molecule has 1 amide bonds. The highest BCUT2D eigenvalue weighted by atomic mass is 35.5. The van der Waals surface area contributed by atoms with Crippen molar-refractivity contribution in [1.82, 2.24) is 5.32 Å². The van der Waals surface area contributed by atoms with E-state index in [2.05, 4.69) is 0 Å². The smallest absolute Gasteiger partial charge is 0.471 e. The van der Waals surface area contributed by atoms with Gasteiger partial charge in [0.25, 0.3) is 0 Å². The van der Waals surface area contributed by atoms with Crippen molar-refractivity contribution >= 4 is 29.6 Å². The number of halogens is 5. The van der Waals surface area contributed by atoms with Crippen molar-refractivity contribution in [2.45, 2.75) is 6.18 Å². The molecule has 1 aromatic rings. The van der Waals surface area contributed by atoms with E-state index in [0.717, 1.165) is 18.2 Å². The quantitative estimate of drug-likeness (QED) is 0.629. The van der Waals surface area contributed by atoms with Gasteiger partial charge in [-0.05, 0) is 12.1 Å². The molecule has 126 valence electrons. The minimum Gasteiger partial charge on any atom is -0.496 e. The van der Waals surface area contributed by atoms with E-state index in [4.69, 9.17) is 21.4 Å². The zero-order chi connectivity index (χ0) is 17.8. The number of carboxylic acids is 1. The second-order valence-corrected chi connectivity index (χ2v) is 4.57. The lowest BCUT2D eigenvalue weighted by molar-refractivity contribution is -0.173. The number of alkyl halides is 3. The molecule has 1 aromatic carbocycles. The Hall–Kier alpha value is -2.29. The molecule has 0 bridgehead atoms. The maximum absolute atomic E-state index is 13.4. The van der Waals surface area contributed by atoms with Crippen LogP contribution in [-0.2, 0) is 9.59 Å². The van der Waals surface area contributed by atoms with Gasteiger partial charge < -0.3 is 15.2 Å². The molecule has 23 heavy (non-hydrogen) atoms. The predicted molar refractivity (Wildman–Crippen MR) is 72.6 cm³/mol. The van der Waals surface area contributed by atoms with E-state index in [1.807, 2.05) is 0 Å². The number of benzene rings is 1. The summed E-state index contributed by atoms with van der Waals surface area (Å²) in [5.74, 6) is -4.75.